The van der Waals surface area contributed by atoms with Crippen molar-refractivity contribution in [1.29, 1.82) is 0 Å². The second-order valence-corrected chi connectivity index (χ2v) is 9.08. The van der Waals surface area contributed by atoms with E-state index < -0.39 is 15.1 Å². The van der Waals surface area contributed by atoms with Crippen LogP contribution < -0.4 is 10.1 Å². The number of hydrogen-bond acceptors (Lipinski definition) is 4. The fourth-order valence-corrected chi connectivity index (χ4v) is 5.22. The summed E-state index contributed by atoms with van der Waals surface area (Å²) in [6.07, 6.45) is 1.28. The first-order valence-electron chi connectivity index (χ1n) is 8.66. The summed E-state index contributed by atoms with van der Waals surface area (Å²) in [6.45, 7) is 4.14. The number of amides is 1. The fourth-order valence-electron chi connectivity index (χ4n) is 3.45. The van der Waals surface area contributed by atoms with Gasteiger partial charge in [-0.3, -0.25) is 4.79 Å². The molecule has 0 radical (unpaired) electrons. The van der Waals surface area contributed by atoms with E-state index in [1.54, 1.807) is 25.3 Å². The van der Waals surface area contributed by atoms with E-state index in [2.05, 4.69) is 5.32 Å². The number of nitrogens with one attached hydrogen (secondary N) is 1. The zero-order chi connectivity index (χ0) is 18.9. The molecule has 7 heteroatoms. The van der Waals surface area contributed by atoms with Crippen LogP contribution >= 0.6 is 0 Å². The summed E-state index contributed by atoms with van der Waals surface area (Å²) < 4.78 is 31.3. The molecular formula is C19H24N2O4S. The second kappa shape index (κ2) is 7.15. The molecule has 1 aliphatic heterocycles. The molecule has 2 aromatic rings. The lowest BCUT2D eigenvalue weighted by Crippen LogP contribution is -2.34. The van der Waals surface area contributed by atoms with Crippen LogP contribution in [0, 0.1) is 13.8 Å². The highest BCUT2D eigenvalue weighted by atomic mass is 32.2. The van der Waals surface area contributed by atoms with Crippen LogP contribution in [0.3, 0.4) is 0 Å². The maximum absolute atomic E-state index is 12.5. The first-order valence-corrected chi connectivity index (χ1v) is 10.4. The molecular weight excluding hydrogens is 352 g/mol. The highest BCUT2D eigenvalue weighted by Gasteiger charge is 2.31. The minimum atomic E-state index is -3.07. The third-order valence-corrected chi connectivity index (χ3v) is 7.18. The average molecular weight is 376 g/mol. The predicted octanol–water partition coefficient (Wildman–Crippen LogP) is 2.41. The Morgan fingerprint density at radius 1 is 1.23 bits per heavy atom. The summed E-state index contributed by atoms with van der Waals surface area (Å²) in [7, 11) is -1.47. The molecule has 1 aromatic heterocycles. The number of benzene rings is 1. The van der Waals surface area contributed by atoms with E-state index in [9.17, 15) is 13.2 Å². The summed E-state index contributed by atoms with van der Waals surface area (Å²) in [5.41, 5.74) is 3.34. The number of aryl methyl sites for hydroxylation is 2. The number of carbonyl (C=O) groups excluding carboxylic acids is 1. The molecule has 1 aromatic carbocycles. The summed E-state index contributed by atoms with van der Waals surface area (Å²) >= 11 is 0. The van der Waals surface area contributed by atoms with Gasteiger partial charge in [-0.05, 0) is 57.0 Å². The van der Waals surface area contributed by atoms with E-state index in [0.717, 1.165) is 17.1 Å². The highest BCUT2D eigenvalue weighted by Crippen LogP contribution is 2.27. The van der Waals surface area contributed by atoms with Crippen molar-refractivity contribution in [3.63, 3.8) is 0 Å². The molecule has 26 heavy (non-hydrogen) atoms. The van der Waals surface area contributed by atoms with Crippen molar-refractivity contribution in [2.24, 2.45) is 0 Å². The van der Waals surface area contributed by atoms with Gasteiger partial charge in [0, 0.05) is 23.5 Å². The molecule has 140 valence electrons. The zero-order valence-corrected chi connectivity index (χ0v) is 16.1. The molecule has 0 saturated carbocycles. The Morgan fingerprint density at radius 3 is 2.50 bits per heavy atom. The van der Waals surface area contributed by atoms with Crippen LogP contribution in [0.1, 0.15) is 34.6 Å². The van der Waals surface area contributed by atoms with E-state index in [-0.39, 0.29) is 18.2 Å². The molecule has 1 fully saturated rings. The first-order chi connectivity index (χ1) is 12.3. The third-order valence-electron chi connectivity index (χ3n) is 4.91. The number of aromatic nitrogens is 1. The monoisotopic (exact) mass is 376 g/mol. The Balaban J connectivity index is 1.84. The summed E-state index contributed by atoms with van der Waals surface area (Å²) in [5.74, 6) is 0.604. The smallest absolute Gasteiger partial charge is 0.251 e. The third kappa shape index (κ3) is 3.49. The molecule has 1 N–H and O–H groups in total. The molecule has 6 nitrogen and oxygen atoms in total. The summed E-state index contributed by atoms with van der Waals surface area (Å²) in [4.78, 5) is 12.5. The molecule has 0 spiro atoms. The van der Waals surface area contributed by atoms with Gasteiger partial charge in [-0.25, -0.2) is 8.42 Å². The van der Waals surface area contributed by atoms with Gasteiger partial charge in [-0.15, -0.1) is 0 Å². The average Bonchev–Trinajstić information content (AvgIpc) is 3.12. The van der Waals surface area contributed by atoms with E-state index in [4.69, 9.17) is 4.74 Å². The predicted molar refractivity (Wildman–Crippen MR) is 101 cm³/mol. The van der Waals surface area contributed by atoms with E-state index in [0.29, 0.717) is 24.2 Å². The van der Waals surface area contributed by atoms with E-state index in [1.807, 2.05) is 30.5 Å². The van der Waals surface area contributed by atoms with Crippen molar-refractivity contribution in [2.75, 3.05) is 19.4 Å². The Bertz CT molecular complexity index is 912. The van der Waals surface area contributed by atoms with Crippen molar-refractivity contribution >= 4 is 15.7 Å². The number of hydrogen-bond donors (Lipinski definition) is 1. The van der Waals surface area contributed by atoms with Gasteiger partial charge in [-0.2, -0.15) is 0 Å². The summed E-state index contributed by atoms with van der Waals surface area (Å²) in [5, 5.41) is 2.29. The van der Waals surface area contributed by atoms with Crippen molar-refractivity contribution in [2.45, 2.75) is 31.9 Å². The molecule has 1 saturated heterocycles. The van der Waals surface area contributed by atoms with Crippen LogP contribution in [-0.2, 0) is 9.84 Å². The van der Waals surface area contributed by atoms with Crippen LogP contribution in [0.4, 0.5) is 0 Å². The number of methoxy groups -OCH3 is 1. The van der Waals surface area contributed by atoms with E-state index in [1.165, 1.54) is 0 Å². The molecule has 1 atom stereocenters. The Morgan fingerprint density at radius 2 is 1.92 bits per heavy atom. The molecule has 2 heterocycles. The van der Waals surface area contributed by atoms with Gasteiger partial charge in [-0.1, -0.05) is 0 Å². The number of nitrogens with zero attached hydrogens (tertiary/aromatic N) is 1. The lowest BCUT2D eigenvalue weighted by molar-refractivity contribution is 0.0953. The topological polar surface area (TPSA) is 77.4 Å². The largest absolute Gasteiger partial charge is 0.495 e. The molecule has 3 rings (SSSR count). The molecule has 1 amide bonds. The van der Waals surface area contributed by atoms with Crippen molar-refractivity contribution in [3.05, 3.63) is 47.3 Å². The Labute approximate surface area is 154 Å². The molecule has 1 aliphatic rings. The van der Waals surface area contributed by atoms with Crippen molar-refractivity contribution in [3.8, 4) is 11.4 Å². The van der Waals surface area contributed by atoms with Crippen molar-refractivity contribution < 1.29 is 17.9 Å². The SMILES string of the molecule is COc1ccc(C(=O)NC[C@@H]2CCCS2(=O)=O)cc1-n1c(C)ccc1C. The number of carbonyl (C=O) groups is 1. The lowest BCUT2D eigenvalue weighted by Gasteiger charge is -2.16. The summed E-state index contributed by atoms with van der Waals surface area (Å²) in [6, 6.07) is 9.24. The minimum absolute atomic E-state index is 0.157. The Hall–Kier alpha value is -2.28. The van der Waals surface area contributed by atoms with E-state index >= 15 is 0 Å². The first kappa shape index (κ1) is 18.5. The maximum Gasteiger partial charge on any atom is 0.251 e. The van der Waals surface area contributed by atoms with Crippen LogP contribution in [0.5, 0.6) is 5.75 Å². The Kier molecular flexibility index (Phi) is 5.09. The second-order valence-electron chi connectivity index (χ2n) is 6.68. The van der Waals surface area contributed by atoms with Gasteiger partial charge in [0.15, 0.2) is 9.84 Å². The number of rotatable bonds is 5. The van der Waals surface area contributed by atoms with Gasteiger partial charge in [0.1, 0.15) is 5.75 Å². The zero-order valence-electron chi connectivity index (χ0n) is 15.3. The van der Waals surface area contributed by atoms with Gasteiger partial charge < -0.3 is 14.6 Å². The van der Waals surface area contributed by atoms with Crippen LogP contribution in [-0.4, -0.2) is 43.5 Å². The van der Waals surface area contributed by atoms with Gasteiger partial charge in [0.25, 0.3) is 5.91 Å². The van der Waals surface area contributed by atoms with Gasteiger partial charge in [0.05, 0.1) is 23.8 Å². The normalized spacial score (nSPS) is 18.7. The maximum atomic E-state index is 12.5. The van der Waals surface area contributed by atoms with Crippen LogP contribution in [0.25, 0.3) is 5.69 Å². The lowest BCUT2D eigenvalue weighted by atomic mass is 10.1. The standard InChI is InChI=1S/C19H24N2O4S/c1-13-6-7-14(2)21(13)17-11-15(8-9-18(17)25-3)19(22)20-12-16-5-4-10-26(16,23)24/h6-9,11,16H,4-5,10,12H2,1-3H3,(H,20,22)/t16-/m0/s1. The van der Waals surface area contributed by atoms with Gasteiger partial charge >= 0.3 is 0 Å². The minimum Gasteiger partial charge on any atom is -0.495 e. The number of sulfone groups is 1. The van der Waals surface area contributed by atoms with Crippen LogP contribution in [0.2, 0.25) is 0 Å². The number of ether oxygens (including phenoxy) is 1. The molecule has 0 bridgehead atoms. The molecule has 0 aliphatic carbocycles. The molecule has 0 unspecified atom stereocenters. The van der Waals surface area contributed by atoms with Gasteiger partial charge in [0.2, 0.25) is 0 Å². The fraction of sp³-hybridized carbons (Fsp3) is 0.421. The highest BCUT2D eigenvalue weighted by molar-refractivity contribution is 7.92. The van der Waals surface area contributed by atoms with Crippen LogP contribution in [0.15, 0.2) is 30.3 Å². The quantitative estimate of drug-likeness (QED) is 0.869. The van der Waals surface area contributed by atoms with Crippen molar-refractivity contribution in [1.82, 2.24) is 9.88 Å².